The Balaban J connectivity index is 1.26. The summed E-state index contributed by atoms with van der Waals surface area (Å²) in [6.45, 7) is 4.40. The number of hydrogen-bond acceptors (Lipinski definition) is 5. The minimum Gasteiger partial charge on any atom is -0.490 e. The number of hydrogen-bond donors (Lipinski definition) is 0. The number of fused-ring (bicyclic) bond motifs is 1. The van der Waals surface area contributed by atoms with Gasteiger partial charge >= 0.3 is 0 Å². The van der Waals surface area contributed by atoms with Crippen LogP contribution in [0.2, 0.25) is 0 Å². The van der Waals surface area contributed by atoms with E-state index in [1.807, 2.05) is 12.1 Å². The molecule has 0 N–H and O–H groups in total. The first-order chi connectivity index (χ1) is 15.6. The Labute approximate surface area is 197 Å². The van der Waals surface area contributed by atoms with E-state index in [1.165, 1.54) is 36.3 Å². The second-order valence-electron chi connectivity index (χ2n) is 8.46. The highest BCUT2D eigenvalue weighted by Crippen LogP contribution is 2.29. The molecule has 32 heavy (non-hydrogen) atoms. The van der Waals surface area contributed by atoms with E-state index in [0.717, 1.165) is 42.7 Å². The van der Waals surface area contributed by atoms with Crippen LogP contribution in [0.5, 0.6) is 5.75 Å². The van der Waals surface area contributed by atoms with E-state index in [0.29, 0.717) is 30.1 Å². The average molecular weight is 500 g/mol. The zero-order valence-corrected chi connectivity index (χ0v) is 20.1. The Morgan fingerprint density at radius 3 is 2.69 bits per heavy atom. The minimum atomic E-state index is 0.0223. The lowest BCUT2D eigenvalue weighted by atomic mass is 9.90. The van der Waals surface area contributed by atoms with E-state index < -0.39 is 0 Å². The van der Waals surface area contributed by atoms with Gasteiger partial charge in [0, 0.05) is 19.7 Å². The van der Waals surface area contributed by atoms with Crippen LogP contribution in [0.3, 0.4) is 0 Å². The van der Waals surface area contributed by atoms with Crippen molar-refractivity contribution in [1.82, 2.24) is 4.90 Å². The van der Waals surface area contributed by atoms with Crippen molar-refractivity contribution >= 4 is 26.9 Å². The summed E-state index contributed by atoms with van der Waals surface area (Å²) < 4.78 is 17.3. The Kier molecular flexibility index (Phi) is 8.00. The Morgan fingerprint density at radius 2 is 1.88 bits per heavy atom. The Morgan fingerprint density at radius 1 is 1.06 bits per heavy atom. The van der Waals surface area contributed by atoms with Crippen LogP contribution in [0.4, 0.5) is 0 Å². The number of methoxy groups -OCH3 is 1. The van der Waals surface area contributed by atoms with Crippen LogP contribution < -0.4 is 10.2 Å². The molecule has 1 fully saturated rings. The van der Waals surface area contributed by atoms with Crippen molar-refractivity contribution < 1.29 is 13.9 Å². The molecule has 0 unspecified atom stereocenters. The van der Waals surface area contributed by atoms with Crippen LogP contribution in [-0.2, 0) is 17.6 Å². The van der Waals surface area contributed by atoms with Crippen LogP contribution in [0.1, 0.15) is 24.0 Å². The van der Waals surface area contributed by atoms with Crippen molar-refractivity contribution in [2.24, 2.45) is 5.92 Å². The highest BCUT2D eigenvalue weighted by atomic mass is 79.9. The molecular formula is C26H30BrNO4. The molecule has 0 spiro atoms. The van der Waals surface area contributed by atoms with E-state index in [2.05, 4.69) is 45.1 Å². The smallest absolute Gasteiger partial charge is 0.192 e. The summed E-state index contributed by atoms with van der Waals surface area (Å²) in [6.07, 6.45) is 5.90. The molecule has 0 amide bonds. The van der Waals surface area contributed by atoms with Gasteiger partial charge in [-0.25, -0.2) is 0 Å². The number of ether oxygens (including phenoxy) is 2. The maximum atomic E-state index is 12.0. The molecule has 6 heteroatoms. The topological polar surface area (TPSA) is 51.9 Å². The van der Waals surface area contributed by atoms with Gasteiger partial charge in [-0.15, -0.1) is 0 Å². The first-order valence-electron chi connectivity index (χ1n) is 11.3. The Hall–Kier alpha value is -2.15. The van der Waals surface area contributed by atoms with Gasteiger partial charge in [0.1, 0.15) is 17.9 Å². The molecule has 0 bridgehead atoms. The highest BCUT2D eigenvalue weighted by Gasteiger charge is 2.20. The second-order valence-corrected chi connectivity index (χ2v) is 9.31. The van der Waals surface area contributed by atoms with Crippen molar-refractivity contribution in [3.63, 3.8) is 0 Å². The van der Waals surface area contributed by atoms with Crippen molar-refractivity contribution in [3.05, 3.63) is 74.6 Å². The van der Waals surface area contributed by atoms with Crippen LogP contribution in [0.15, 0.2) is 62.4 Å². The van der Waals surface area contributed by atoms with Gasteiger partial charge in [-0.3, -0.25) is 4.79 Å². The summed E-state index contributed by atoms with van der Waals surface area (Å²) >= 11 is 3.57. The first-order valence-corrected chi connectivity index (χ1v) is 12.0. The normalized spacial score (nSPS) is 15.3. The lowest BCUT2D eigenvalue weighted by molar-refractivity contribution is 0.146. The molecule has 0 saturated carbocycles. The number of piperidine rings is 1. The standard InChI is InChI=1S/C26H30BrNO4/c1-30-14-15-32-26-18-21(2-4-23(26)27)16-20-7-11-28(12-8-20)10-6-19-3-5-25-22(17-19)24(29)9-13-31-25/h2-5,9,13,17-18,20H,6-8,10-12,14-16H2,1H3. The van der Waals surface area contributed by atoms with E-state index in [1.54, 1.807) is 7.11 Å². The van der Waals surface area contributed by atoms with E-state index >= 15 is 0 Å². The molecule has 1 aliphatic rings. The summed E-state index contributed by atoms with van der Waals surface area (Å²) in [5.74, 6) is 1.59. The number of rotatable bonds is 9. The largest absolute Gasteiger partial charge is 0.490 e. The fourth-order valence-corrected chi connectivity index (χ4v) is 4.70. The molecule has 3 aromatic rings. The summed E-state index contributed by atoms with van der Waals surface area (Å²) in [4.78, 5) is 14.6. The maximum absolute atomic E-state index is 12.0. The third kappa shape index (κ3) is 6.00. The molecule has 0 atom stereocenters. The average Bonchev–Trinajstić information content (AvgIpc) is 2.81. The van der Waals surface area contributed by atoms with Crippen LogP contribution >= 0.6 is 15.9 Å². The van der Waals surface area contributed by atoms with Crippen molar-refractivity contribution in [1.29, 1.82) is 0 Å². The van der Waals surface area contributed by atoms with Gasteiger partial charge in [-0.2, -0.15) is 0 Å². The molecule has 1 saturated heterocycles. The van der Waals surface area contributed by atoms with Gasteiger partial charge in [-0.05, 0) is 96.0 Å². The van der Waals surface area contributed by atoms with E-state index in [9.17, 15) is 4.79 Å². The maximum Gasteiger partial charge on any atom is 0.192 e. The summed E-state index contributed by atoms with van der Waals surface area (Å²) in [5, 5.41) is 0.670. The Bertz CT molecular complexity index is 1090. The van der Waals surface area contributed by atoms with Crippen molar-refractivity contribution in [2.75, 3.05) is 40.0 Å². The molecule has 0 aliphatic carbocycles. The predicted molar refractivity (Wildman–Crippen MR) is 131 cm³/mol. The second kappa shape index (κ2) is 11.1. The first kappa shape index (κ1) is 23.0. The van der Waals surface area contributed by atoms with Gasteiger partial charge in [-0.1, -0.05) is 12.1 Å². The van der Waals surface area contributed by atoms with Crippen LogP contribution in [0.25, 0.3) is 11.0 Å². The summed E-state index contributed by atoms with van der Waals surface area (Å²) in [5.41, 5.74) is 3.19. The third-order valence-corrected chi connectivity index (χ3v) is 6.87. The van der Waals surface area contributed by atoms with Crippen LogP contribution in [0, 0.1) is 5.92 Å². The number of nitrogens with zero attached hydrogens (tertiary/aromatic N) is 1. The van der Waals surface area contributed by atoms with Crippen LogP contribution in [-0.4, -0.2) is 44.9 Å². The molecule has 1 aromatic heterocycles. The molecule has 5 nitrogen and oxygen atoms in total. The van der Waals surface area contributed by atoms with Gasteiger partial charge < -0.3 is 18.8 Å². The number of benzene rings is 2. The zero-order valence-electron chi connectivity index (χ0n) is 18.5. The van der Waals surface area contributed by atoms with Gasteiger partial charge in [0.15, 0.2) is 5.43 Å². The lowest BCUT2D eigenvalue weighted by Crippen LogP contribution is -2.35. The van der Waals surface area contributed by atoms with E-state index in [4.69, 9.17) is 13.9 Å². The van der Waals surface area contributed by atoms with E-state index in [-0.39, 0.29) is 5.43 Å². The molecule has 1 aliphatic heterocycles. The number of halogens is 1. The quantitative estimate of drug-likeness (QED) is 0.384. The third-order valence-electron chi connectivity index (χ3n) is 6.21. The monoisotopic (exact) mass is 499 g/mol. The summed E-state index contributed by atoms with van der Waals surface area (Å²) in [7, 11) is 1.68. The molecule has 170 valence electrons. The fraction of sp³-hybridized carbons (Fsp3) is 0.423. The van der Waals surface area contributed by atoms with Gasteiger partial charge in [0.25, 0.3) is 0 Å². The molecule has 4 rings (SSSR count). The highest BCUT2D eigenvalue weighted by molar-refractivity contribution is 9.10. The van der Waals surface area contributed by atoms with Crippen molar-refractivity contribution in [3.8, 4) is 5.75 Å². The molecular weight excluding hydrogens is 470 g/mol. The fourth-order valence-electron chi connectivity index (χ4n) is 4.34. The van der Waals surface area contributed by atoms with Gasteiger partial charge in [0.05, 0.1) is 22.7 Å². The molecule has 0 radical (unpaired) electrons. The zero-order chi connectivity index (χ0) is 22.3. The number of likely N-dealkylation sites (tertiary alicyclic amines) is 1. The molecule has 2 aromatic carbocycles. The lowest BCUT2D eigenvalue weighted by Gasteiger charge is -2.32. The summed E-state index contributed by atoms with van der Waals surface area (Å²) in [6, 6.07) is 13.9. The predicted octanol–water partition coefficient (Wildman–Crippen LogP) is 5.08. The van der Waals surface area contributed by atoms with Crippen molar-refractivity contribution in [2.45, 2.75) is 25.7 Å². The van der Waals surface area contributed by atoms with Gasteiger partial charge in [0.2, 0.25) is 0 Å². The molecule has 2 heterocycles. The SMILES string of the molecule is COCCOc1cc(CC2CCN(CCc3ccc4occc(=O)c4c3)CC2)ccc1Br. The minimum absolute atomic E-state index is 0.0223.